The summed E-state index contributed by atoms with van der Waals surface area (Å²) in [5.41, 5.74) is 6.38. The Labute approximate surface area is 213 Å². The van der Waals surface area contributed by atoms with Crippen molar-refractivity contribution in [1.82, 2.24) is 19.6 Å². The van der Waals surface area contributed by atoms with E-state index in [-0.39, 0.29) is 23.1 Å². The van der Waals surface area contributed by atoms with E-state index < -0.39 is 27.5 Å². The molecule has 1 amide bonds. The summed E-state index contributed by atoms with van der Waals surface area (Å²) in [5.74, 6) is -0.0124. The molecule has 1 aliphatic rings. The molecule has 0 spiro atoms. The fraction of sp³-hybridized carbons (Fsp3) is 0.320. The molecule has 0 saturated carbocycles. The van der Waals surface area contributed by atoms with E-state index in [1.54, 1.807) is 12.1 Å². The molecule has 3 heterocycles. The summed E-state index contributed by atoms with van der Waals surface area (Å²) in [7, 11) is -2.67. The highest BCUT2D eigenvalue weighted by atomic mass is 32.2. The second-order valence-electron chi connectivity index (χ2n) is 8.83. The van der Waals surface area contributed by atoms with Crippen molar-refractivity contribution in [2.75, 3.05) is 20.1 Å². The number of rotatable bonds is 9. The Bertz CT molecular complexity index is 1410. The van der Waals surface area contributed by atoms with Crippen LogP contribution in [0.15, 0.2) is 64.5 Å². The molecule has 1 aliphatic heterocycles. The number of carbonyl (C=O) groups is 1. The van der Waals surface area contributed by atoms with Crippen molar-refractivity contribution in [3.63, 3.8) is 0 Å². The van der Waals surface area contributed by atoms with Crippen LogP contribution in [0.1, 0.15) is 30.0 Å². The minimum Gasteiger partial charge on any atom is -0.456 e. The number of pyridine rings is 2. The van der Waals surface area contributed by atoms with Crippen molar-refractivity contribution in [2.45, 2.75) is 36.1 Å². The third kappa shape index (κ3) is 6.40. The number of likely N-dealkylation sites (tertiary alicyclic amines) is 1. The van der Waals surface area contributed by atoms with Crippen molar-refractivity contribution < 1.29 is 22.3 Å². The van der Waals surface area contributed by atoms with E-state index in [1.807, 2.05) is 4.90 Å². The summed E-state index contributed by atoms with van der Waals surface area (Å²) in [6.07, 6.45) is 4.86. The van der Waals surface area contributed by atoms with E-state index in [4.69, 9.17) is 10.5 Å². The molecule has 4 rings (SSSR count). The average molecular weight is 530 g/mol. The Balaban J connectivity index is 1.47. The van der Waals surface area contributed by atoms with Gasteiger partial charge in [-0.3, -0.25) is 19.5 Å². The van der Waals surface area contributed by atoms with Crippen LogP contribution in [-0.2, 0) is 21.2 Å². The van der Waals surface area contributed by atoms with Crippen molar-refractivity contribution in [1.29, 1.82) is 0 Å². The highest BCUT2D eigenvalue weighted by Gasteiger charge is 2.31. The Morgan fingerprint density at radius 2 is 2.00 bits per heavy atom. The van der Waals surface area contributed by atoms with Crippen LogP contribution >= 0.6 is 0 Å². The standard InChI is InChI=1S/C25H28FN5O5S/c1-28-37(34,35)23-11-17(13-30-25(23)33)16-3-2-10-31(15-16)22(24(27)32)12-19-6-9-21(14-29-19)36-20-7-4-18(26)5-8-20/h4-9,11,13-14,16,22,28H,2-3,10,12,15H2,1H3,(H2,27,32)(H,30,33). The van der Waals surface area contributed by atoms with Gasteiger partial charge >= 0.3 is 0 Å². The number of benzene rings is 1. The predicted molar refractivity (Wildman–Crippen MR) is 134 cm³/mol. The molecular weight excluding hydrogens is 501 g/mol. The number of piperidine rings is 1. The van der Waals surface area contributed by atoms with Gasteiger partial charge in [0.05, 0.1) is 12.2 Å². The number of aromatic amines is 1. The number of hydrogen-bond acceptors (Lipinski definition) is 7. The molecule has 196 valence electrons. The lowest BCUT2D eigenvalue weighted by molar-refractivity contribution is -0.123. The topological polar surface area (TPSA) is 147 Å². The molecule has 3 aromatic rings. The summed E-state index contributed by atoms with van der Waals surface area (Å²) < 4.78 is 45.4. The SMILES string of the molecule is CNS(=O)(=O)c1cc(C2CCCN(C(Cc3ccc(Oc4ccc(F)cc4)cn3)C(N)=O)C2)c[nH]c1=O. The molecule has 2 aromatic heterocycles. The molecule has 37 heavy (non-hydrogen) atoms. The molecular formula is C25H28FN5O5S. The van der Waals surface area contributed by atoms with Gasteiger partial charge in [0, 0.05) is 24.9 Å². The summed E-state index contributed by atoms with van der Waals surface area (Å²) in [5, 5.41) is 0. The van der Waals surface area contributed by atoms with Gasteiger partial charge in [0.25, 0.3) is 5.56 Å². The maximum absolute atomic E-state index is 13.1. The van der Waals surface area contributed by atoms with Gasteiger partial charge in [-0.25, -0.2) is 17.5 Å². The van der Waals surface area contributed by atoms with E-state index in [9.17, 15) is 22.4 Å². The van der Waals surface area contributed by atoms with Crippen LogP contribution in [0.25, 0.3) is 0 Å². The van der Waals surface area contributed by atoms with Crippen LogP contribution in [0, 0.1) is 5.82 Å². The quantitative estimate of drug-likeness (QED) is 0.383. The lowest BCUT2D eigenvalue weighted by atomic mass is 9.90. The molecule has 2 unspecified atom stereocenters. The number of nitrogens with one attached hydrogen (secondary N) is 2. The summed E-state index contributed by atoms with van der Waals surface area (Å²) >= 11 is 0. The Hall–Kier alpha value is -3.61. The molecule has 1 fully saturated rings. The van der Waals surface area contributed by atoms with Gasteiger partial charge in [0.2, 0.25) is 15.9 Å². The number of aromatic nitrogens is 2. The molecule has 1 aromatic carbocycles. The van der Waals surface area contributed by atoms with Crippen LogP contribution in [-0.4, -0.2) is 55.4 Å². The number of primary amides is 1. The number of nitrogens with two attached hydrogens (primary N) is 1. The van der Waals surface area contributed by atoms with Crippen molar-refractivity contribution in [3.8, 4) is 11.5 Å². The number of hydrogen-bond donors (Lipinski definition) is 3. The van der Waals surface area contributed by atoms with Gasteiger partial charge in [-0.05, 0) is 80.4 Å². The fourth-order valence-electron chi connectivity index (χ4n) is 4.42. The lowest BCUT2D eigenvalue weighted by Gasteiger charge is -2.37. The molecule has 2 atom stereocenters. The first-order valence-corrected chi connectivity index (χ1v) is 13.2. The maximum atomic E-state index is 13.1. The zero-order chi connectivity index (χ0) is 26.6. The molecule has 0 bridgehead atoms. The van der Waals surface area contributed by atoms with E-state index in [1.165, 1.54) is 49.8 Å². The van der Waals surface area contributed by atoms with E-state index in [2.05, 4.69) is 14.7 Å². The molecule has 0 aliphatic carbocycles. The van der Waals surface area contributed by atoms with Crippen LogP contribution in [0.4, 0.5) is 4.39 Å². The number of carbonyl (C=O) groups excluding carboxylic acids is 1. The van der Waals surface area contributed by atoms with Gasteiger partial charge in [-0.2, -0.15) is 0 Å². The number of halogens is 1. The second-order valence-corrected chi connectivity index (χ2v) is 10.7. The van der Waals surface area contributed by atoms with Gasteiger partial charge in [-0.15, -0.1) is 0 Å². The Morgan fingerprint density at radius 3 is 2.65 bits per heavy atom. The van der Waals surface area contributed by atoms with E-state index in [0.717, 1.165) is 12.8 Å². The smallest absolute Gasteiger partial charge is 0.268 e. The fourth-order valence-corrected chi connectivity index (χ4v) is 5.24. The van der Waals surface area contributed by atoms with Crippen LogP contribution in [0.2, 0.25) is 0 Å². The van der Waals surface area contributed by atoms with Gasteiger partial charge in [0.15, 0.2) is 0 Å². The molecule has 10 nitrogen and oxygen atoms in total. The molecule has 0 radical (unpaired) electrons. The normalized spacial score (nSPS) is 17.3. The molecule has 1 saturated heterocycles. The zero-order valence-electron chi connectivity index (χ0n) is 20.2. The number of H-pyrrole nitrogens is 1. The summed E-state index contributed by atoms with van der Waals surface area (Å²) in [6.45, 7) is 1.10. The predicted octanol–water partition coefficient (Wildman–Crippen LogP) is 1.89. The average Bonchev–Trinajstić information content (AvgIpc) is 2.89. The van der Waals surface area contributed by atoms with Gasteiger partial charge < -0.3 is 15.5 Å². The third-order valence-electron chi connectivity index (χ3n) is 6.39. The zero-order valence-corrected chi connectivity index (χ0v) is 21.0. The second kappa shape index (κ2) is 11.2. The van der Waals surface area contributed by atoms with Crippen LogP contribution in [0.5, 0.6) is 11.5 Å². The van der Waals surface area contributed by atoms with E-state index >= 15 is 0 Å². The third-order valence-corrected chi connectivity index (χ3v) is 7.81. The van der Waals surface area contributed by atoms with Gasteiger partial charge in [0.1, 0.15) is 22.2 Å². The maximum Gasteiger partial charge on any atom is 0.268 e. The highest BCUT2D eigenvalue weighted by molar-refractivity contribution is 7.89. The first kappa shape index (κ1) is 26.5. The number of sulfonamides is 1. The highest BCUT2D eigenvalue weighted by Crippen LogP contribution is 2.29. The minimum atomic E-state index is -3.92. The Kier molecular flexibility index (Phi) is 8.00. The lowest BCUT2D eigenvalue weighted by Crippen LogP contribution is -2.50. The van der Waals surface area contributed by atoms with Crippen molar-refractivity contribution in [3.05, 3.63) is 82.3 Å². The number of amides is 1. The number of ether oxygens (including phenoxy) is 1. The Morgan fingerprint density at radius 1 is 1.27 bits per heavy atom. The minimum absolute atomic E-state index is 0.0994. The molecule has 12 heteroatoms. The van der Waals surface area contributed by atoms with Crippen LogP contribution < -0.4 is 20.8 Å². The summed E-state index contributed by atoms with van der Waals surface area (Å²) in [4.78, 5) is 33.0. The van der Waals surface area contributed by atoms with Crippen LogP contribution in [0.3, 0.4) is 0 Å². The molecule has 4 N–H and O–H groups in total. The van der Waals surface area contributed by atoms with Crippen molar-refractivity contribution >= 4 is 15.9 Å². The van der Waals surface area contributed by atoms with Crippen molar-refractivity contribution in [2.24, 2.45) is 5.73 Å². The monoisotopic (exact) mass is 529 g/mol. The summed E-state index contributed by atoms with van der Waals surface area (Å²) in [6, 6.07) is 9.85. The first-order chi connectivity index (χ1) is 17.7. The first-order valence-electron chi connectivity index (χ1n) is 11.7. The number of nitrogens with zero attached hydrogens (tertiary/aromatic N) is 2. The largest absolute Gasteiger partial charge is 0.456 e. The van der Waals surface area contributed by atoms with Gasteiger partial charge in [-0.1, -0.05) is 0 Å². The van der Waals surface area contributed by atoms with E-state index in [0.29, 0.717) is 35.8 Å².